The molecule has 1 aromatic carbocycles. The van der Waals surface area contributed by atoms with E-state index < -0.39 is 19.9 Å². The maximum absolute atomic E-state index is 12.2. The van der Waals surface area contributed by atoms with Crippen molar-refractivity contribution in [1.29, 1.82) is 0 Å². The number of sulfone groups is 1. The predicted molar refractivity (Wildman–Crippen MR) is 75.4 cm³/mol. The molecule has 1 aliphatic carbocycles. The van der Waals surface area contributed by atoms with E-state index >= 15 is 0 Å². The van der Waals surface area contributed by atoms with Crippen molar-refractivity contribution in [2.75, 3.05) is 12.8 Å². The zero-order valence-corrected chi connectivity index (χ0v) is 12.7. The molecule has 20 heavy (non-hydrogen) atoms. The van der Waals surface area contributed by atoms with Crippen molar-refractivity contribution in [3.05, 3.63) is 24.3 Å². The van der Waals surface area contributed by atoms with Crippen LogP contribution in [0.4, 0.5) is 0 Å². The molecule has 0 aromatic heterocycles. The lowest BCUT2D eigenvalue weighted by atomic mass is 10.2. The fourth-order valence-corrected chi connectivity index (χ4v) is 3.92. The smallest absolute Gasteiger partial charge is 0.240 e. The van der Waals surface area contributed by atoms with E-state index in [0.29, 0.717) is 5.92 Å². The van der Waals surface area contributed by atoms with Gasteiger partial charge >= 0.3 is 0 Å². The molecule has 0 radical (unpaired) electrons. The predicted octanol–water partition coefficient (Wildman–Crippen LogP) is 0.106. The van der Waals surface area contributed by atoms with Gasteiger partial charge in [0.25, 0.3) is 0 Å². The monoisotopic (exact) mass is 318 g/mol. The summed E-state index contributed by atoms with van der Waals surface area (Å²) in [6.45, 7) is 0.255. The Kier molecular flexibility index (Phi) is 4.19. The van der Waals surface area contributed by atoms with Crippen molar-refractivity contribution >= 4 is 19.9 Å². The molecule has 0 aliphatic heterocycles. The Morgan fingerprint density at radius 3 is 2.05 bits per heavy atom. The molecule has 0 saturated heterocycles. The number of hydrogen-bond acceptors (Lipinski definition) is 5. The lowest BCUT2D eigenvalue weighted by molar-refractivity contribution is 0.519. The van der Waals surface area contributed by atoms with Crippen LogP contribution in [-0.4, -0.2) is 35.7 Å². The Morgan fingerprint density at radius 2 is 1.65 bits per heavy atom. The minimum absolute atomic E-state index is 0.0454. The molecule has 8 heteroatoms. The first-order chi connectivity index (χ1) is 9.24. The van der Waals surface area contributed by atoms with E-state index in [0.717, 1.165) is 19.1 Å². The molecule has 0 heterocycles. The summed E-state index contributed by atoms with van der Waals surface area (Å²) in [5.74, 6) is 0.310. The van der Waals surface area contributed by atoms with E-state index in [1.54, 1.807) is 0 Å². The highest BCUT2D eigenvalue weighted by atomic mass is 32.2. The molecule has 112 valence electrons. The molecule has 1 atom stereocenters. The summed E-state index contributed by atoms with van der Waals surface area (Å²) in [7, 11) is -7.00. The van der Waals surface area contributed by atoms with Gasteiger partial charge in [0.05, 0.1) is 9.79 Å². The third-order valence-electron chi connectivity index (χ3n) is 3.31. The van der Waals surface area contributed by atoms with Gasteiger partial charge in [0.2, 0.25) is 10.0 Å². The van der Waals surface area contributed by atoms with Crippen molar-refractivity contribution < 1.29 is 16.8 Å². The lowest BCUT2D eigenvalue weighted by Crippen LogP contribution is -2.41. The molecule has 1 unspecified atom stereocenters. The van der Waals surface area contributed by atoms with Gasteiger partial charge in [-0.15, -0.1) is 0 Å². The fourth-order valence-electron chi connectivity index (χ4n) is 1.97. The van der Waals surface area contributed by atoms with Gasteiger partial charge in [-0.1, -0.05) is 0 Å². The van der Waals surface area contributed by atoms with Gasteiger partial charge in [0.15, 0.2) is 9.84 Å². The molecular formula is C12H18N2O4S2. The fraction of sp³-hybridized carbons (Fsp3) is 0.500. The molecular weight excluding hydrogens is 300 g/mol. The van der Waals surface area contributed by atoms with Crippen LogP contribution < -0.4 is 10.5 Å². The molecule has 0 spiro atoms. The maximum Gasteiger partial charge on any atom is 0.240 e. The van der Waals surface area contributed by atoms with E-state index in [4.69, 9.17) is 5.73 Å². The molecule has 2 rings (SSSR count). The Balaban J connectivity index is 2.21. The first kappa shape index (κ1) is 15.4. The van der Waals surface area contributed by atoms with E-state index in [9.17, 15) is 16.8 Å². The number of sulfonamides is 1. The molecule has 3 N–H and O–H groups in total. The van der Waals surface area contributed by atoms with Crippen molar-refractivity contribution in [3.63, 3.8) is 0 Å². The second kappa shape index (κ2) is 5.44. The molecule has 1 aliphatic rings. The van der Waals surface area contributed by atoms with Crippen LogP contribution in [-0.2, 0) is 19.9 Å². The second-order valence-corrected chi connectivity index (χ2v) is 8.77. The summed E-state index contributed by atoms with van der Waals surface area (Å²) >= 11 is 0. The van der Waals surface area contributed by atoms with E-state index in [-0.39, 0.29) is 22.4 Å². The average Bonchev–Trinajstić information content (AvgIpc) is 3.19. The Bertz CT molecular complexity index is 677. The van der Waals surface area contributed by atoms with Crippen LogP contribution in [0.25, 0.3) is 0 Å². The topological polar surface area (TPSA) is 106 Å². The average molecular weight is 318 g/mol. The quantitative estimate of drug-likeness (QED) is 0.774. The van der Waals surface area contributed by atoms with Crippen molar-refractivity contribution in [2.45, 2.75) is 28.7 Å². The van der Waals surface area contributed by atoms with Crippen molar-refractivity contribution in [1.82, 2.24) is 4.72 Å². The first-order valence-corrected chi connectivity index (χ1v) is 9.64. The van der Waals surface area contributed by atoms with Crippen LogP contribution in [0.1, 0.15) is 12.8 Å². The van der Waals surface area contributed by atoms with Gasteiger partial charge in [-0.2, -0.15) is 0 Å². The number of nitrogens with one attached hydrogen (secondary N) is 1. The highest BCUT2D eigenvalue weighted by Crippen LogP contribution is 2.32. The summed E-state index contributed by atoms with van der Waals surface area (Å²) in [6, 6.07) is 4.91. The molecule has 1 saturated carbocycles. The SMILES string of the molecule is CS(=O)(=O)c1ccc(S(=O)(=O)NC(CN)C2CC2)cc1. The van der Waals surface area contributed by atoms with E-state index in [1.165, 1.54) is 24.3 Å². The summed E-state index contributed by atoms with van der Waals surface area (Å²) < 4.78 is 49.6. The summed E-state index contributed by atoms with van der Waals surface area (Å²) in [4.78, 5) is 0.137. The van der Waals surface area contributed by atoms with Gasteiger partial charge < -0.3 is 5.73 Å². The highest BCUT2D eigenvalue weighted by Gasteiger charge is 2.33. The molecule has 1 fully saturated rings. The Labute approximate surface area is 119 Å². The van der Waals surface area contributed by atoms with Crippen LogP contribution in [0.5, 0.6) is 0 Å². The lowest BCUT2D eigenvalue weighted by Gasteiger charge is -2.16. The van der Waals surface area contributed by atoms with Gasteiger partial charge in [-0.25, -0.2) is 21.6 Å². The van der Waals surface area contributed by atoms with Crippen LogP contribution in [0, 0.1) is 5.92 Å². The third kappa shape index (κ3) is 3.57. The van der Waals surface area contributed by atoms with Crippen molar-refractivity contribution in [3.8, 4) is 0 Å². The molecule has 0 bridgehead atoms. The first-order valence-electron chi connectivity index (χ1n) is 6.26. The number of rotatable bonds is 6. The van der Waals surface area contributed by atoms with Gasteiger partial charge in [-0.3, -0.25) is 0 Å². The maximum atomic E-state index is 12.2. The largest absolute Gasteiger partial charge is 0.329 e. The summed E-state index contributed by atoms with van der Waals surface area (Å²) in [6.07, 6.45) is 3.04. The Hall–Kier alpha value is -0.960. The highest BCUT2D eigenvalue weighted by molar-refractivity contribution is 7.90. The second-order valence-electron chi connectivity index (χ2n) is 5.04. The molecule has 6 nitrogen and oxygen atoms in total. The minimum atomic E-state index is -3.66. The third-order valence-corrected chi connectivity index (χ3v) is 5.95. The van der Waals surface area contributed by atoms with Gasteiger partial charge in [-0.05, 0) is 43.0 Å². The number of nitrogens with two attached hydrogens (primary N) is 1. The van der Waals surface area contributed by atoms with Crippen LogP contribution in [0.15, 0.2) is 34.1 Å². The van der Waals surface area contributed by atoms with E-state index in [1.807, 2.05) is 0 Å². The van der Waals surface area contributed by atoms with Gasteiger partial charge in [0, 0.05) is 18.8 Å². The van der Waals surface area contributed by atoms with Crippen LogP contribution in [0.2, 0.25) is 0 Å². The van der Waals surface area contributed by atoms with Crippen LogP contribution >= 0.6 is 0 Å². The summed E-state index contributed by atoms with van der Waals surface area (Å²) in [5, 5.41) is 0. The number of benzene rings is 1. The zero-order chi connectivity index (χ0) is 15.0. The summed E-state index contributed by atoms with van der Waals surface area (Å²) in [5.41, 5.74) is 5.57. The normalized spacial score (nSPS) is 17.9. The van der Waals surface area contributed by atoms with E-state index in [2.05, 4.69) is 4.72 Å². The standard InChI is InChI=1S/C12H18N2O4S2/c1-19(15,16)10-4-6-11(7-5-10)20(17,18)14-12(8-13)9-2-3-9/h4-7,9,12,14H,2-3,8,13H2,1H3. The van der Waals surface area contributed by atoms with Crippen LogP contribution in [0.3, 0.4) is 0 Å². The zero-order valence-electron chi connectivity index (χ0n) is 11.1. The molecule has 1 aromatic rings. The Morgan fingerprint density at radius 1 is 1.15 bits per heavy atom. The van der Waals surface area contributed by atoms with Crippen molar-refractivity contribution in [2.24, 2.45) is 11.7 Å². The van der Waals surface area contributed by atoms with Gasteiger partial charge in [0.1, 0.15) is 0 Å². The minimum Gasteiger partial charge on any atom is -0.329 e. The number of hydrogen-bond donors (Lipinski definition) is 2. The molecule has 0 amide bonds.